The van der Waals surface area contributed by atoms with Crippen molar-refractivity contribution >= 4 is 10.0 Å². The Morgan fingerprint density at radius 3 is 2.52 bits per heavy atom. The molecule has 0 amide bonds. The number of hydrogen-bond donors (Lipinski definition) is 0. The number of hydrogen-bond acceptors (Lipinski definition) is 4. The fourth-order valence-corrected chi connectivity index (χ4v) is 4.14. The van der Waals surface area contributed by atoms with Gasteiger partial charge in [-0.05, 0) is 43.5 Å². The molecule has 1 aromatic heterocycles. The van der Waals surface area contributed by atoms with Crippen molar-refractivity contribution in [3.63, 3.8) is 0 Å². The second kappa shape index (κ2) is 6.68. The van der Waals surface area contributed by atoms with Gasteiger partial charge < -0.3 is 4.74 Å². The van der Waals surface area contributed by atoms with Gasteiger partial charge in [0.15, 0.2) is 0 Å². The lowest BCUT2D eigenvalue weighted by Gasteiger charge is -2.31. The summed E-state index contributed by atoms with van der Waals surface area (Å²) in [5, 5.41) is 0. The van der Waals surface area contributed by atoms with Gasteiger partial charge in [-0.2, -0.15) is 4.31 Å². The summed E-state index contributed by atoms with van der Waals surface area (Å²) < 4.78 is 32.6. The van der Waals surface area contributed by atoms with Gasteiger partial charge in [0.1, 0.15) is 16.7 Å². The first-order chi connectivity index (χ1) is 11.1. The Morgan fingerprint density at radius 1 is 1.13 bits per heavy atom. The first kappa shape index (κ1) is 16.0. The number of aryl methyl sites for hydroxylation is 1. The molecule has 1 fully saturated rings. The molecule has 23 heavy (non-hydrogen) atoms. The summed E-state index contributed by atoms with van der Waals surface area (Å²) in [7, 11) is -3.45. The predicted molar refractivity (Wildman–Crippen MR) is 87.8 cm³/mol. The zero-order valence-corrected chi connectivity index (χ0v) is 13.9. The van der Waals surface area contributed by atoms with E-state index in [1.54, 1.807) is 18.3 Å². The summed E-state index contributed by atoms with van der Waals surface area (Å²) in [6.45, 7) is 2.94. The number of rotatable bonds is 4. The first-order valence-corrected chi connectivity index (χ1v) is 9.14. The third kappa shape index (κ3) is 3.54. The van der Waals surface area contributed by atoms with Gasteiger partial charge in [-0.25, -0.2) is 8.42 Å². The van der Waals surface area contributed by atoms with Gasteiger partial charge in [-0.1, -0.05) is 18.2 Å². The number of aromatic nitrogens is 1. The average Bonchev–Trinajstić information content (AvgIpc) is 2.58. The SMILES string of the molecule is Cc1ccccc1OC1CCN(S(=O)(=O)c2cccnc2)CC1. The summed E-state index contributed by atoms with van der Waals surface area (Å²) >= 11 is 0. The number of benzene rings is 1. The predicted octanol–water partition coefficient (Wildman–Crippen LogP) is 2.62. The van der Waals surface area contributed by atoms with Crippen molar-refractivity contribution in [1.82, 2.24) is 9.29 Å². The number of pyridine rings is 1. The molecule has 1 aliphatic heterocycles. The maximum atomic E-state index is 12.6. The lowest BCUT2D eigenvalue weighted by Crippen LogP contribution is -2.41. The van der Waals surface area contributed by atoms with Crippen molar-refractivity contribution in [2.24, 2.45) is 0 Å². The Morgan fingerprint density at radius 2 is 1.87 bits per heavy atom. The first-order valence-electron chi connectivity index (χ1n) is 7.70. The van der Waals surface area contributed by atoms with Crippen molar-refractivity contribution in [3.8, 4) is 5.75 Å². The number of nitrogens with zero attached hydrogens (tertiary/aromatic N) is 2. The topological polar surface area (TPSA) is 59.5 Å². The van der Waals surface area contributed by atoms with E-state index in [1.165, 1.54) is 10.5 Å². The zero-order chi connectivity index (χ0) is 16.3. The molecule has 0 radical (unpaired) electrons. The molecule has 5 nitrogen and oxygen atoms in total. The molecule has 0 atom stereocenters. The average molecular weight is 332 g/mol. The number of para-hydroxylation sites is 1. The summed E-state index contributed by atoms with van der Waals surface area (Å²) in [5.74, 6) is 0.876. The highest BCUT2D eigenvalue weighted by atomic mass is 32.2. The van der Waals surface area contributed by atoms with E-state index in [0.29, 0.717) is 25.9 Å². The fraction of sp³-hybridized carbons (Fsp3) is 0.353. The fourth-order valence-electron chi connectivity index (χ4n) is 2.71. The van der Waals surface area contributed by atoms with Crippen LogP contribution in [0.3, 0.4) is 0 Å². The van der Waals surface area contributed by atoms with Crippen molar-refractivity contribution in [2.75, 3.05) is 13.1 Å². The molecule has 1 aliphatic rings. The van der Waals surface area contributed by atoms with Gasteiger partial charge in [0, 0.05) is 25.5 Å². The van der Waals surface area contributed by atoms with E-state index in [-0.39, 0.29) is 11.0 Å². The van der Waals surface area contributed by atoms with E-state index in [4.69, 9.17) is 4.74 Å². The minimum absolute atomic E-state index is 0.0523. The van der Waals surface area contributed by atoms with Crippen LogP contribution in [0.2, 0.25) is 0 Å². The van der Waals surface area contributed by atoms with Crippen LogP contribution in [0.5, 0.6) is 5.75 Å². The second-order valence-corrected chi connectivity index (χ2v) is 7.61. The molecule has 0 N–H and O–H groups in total. The van der Waals surface area contributed by atoms with Crippen LogP contribution >= 0.6 is 0 Å². The molecule has 3 rings (SSSR count). The van der Waals surface area contributed by atoms with Crippen LogP contribution in [0, 0.1) is 6.92 Å². The Hall–Kier alpha value is -1.92. The Bertz CT molecular complexity index is 754. The van der Waals surface area contributed by atoms with Crippen molar-refractivity contribution < 1.29 is 13.2 Å². The van der Waals surface area contributed by atoms with Crippen LogP contribution in [0.1, 0.15) is 18.4 Å². The van der Waals surface area contributed by atoms with E-state index < -0.39 is 10.0 Å². The molecule has 2 heterocycles. The van der Waals surface area contributed by atoms with Gasteiger partial charge in [0.25, 0.3) is 0 Å². The van der Waals surface area contributed by atoms with E-state index in [2.05, 4.69) is 4.98 Å². The highest BCUT2D eigenvalue weighted by molar-refractivity contribution is 7.89. The number of ether oxygens (including phenoxy) is 1. The monoisotopic (exact) mass is 332 g/mol. The second-order valence-electron chi connectivity index (χ2n) is 5.68. The van der Waals surface area contributed by atoms with E-state index >= 15 is 0 Å². The molecule has 122 valence electrons. The third-order valence-corrected chi connectivity index (χ3v) is 5.94. The molecular weight excluding hydrogens is 312 g/mol. The molecule has 0 saturated carbocycles. The van der Waals surface area contributed by atoms with Gasteiger partial charge >= 0.3 is 0 Å². The Kier molecular flexibility index (Phi) is 4.63. The van der Waals surface area contributed by atoms with Crippen molar-refractivity contribution in [3.05, 3.63) is 54.4 Å². The van der Waals surface area contributed by atoms with Crippen LogP contribution in [-0.2, 0) is 10.0 Å². The van der Waals surface area contributed by atoms with Crippen molar-refractivity contribution in [2.45, 2.75) is 30.8 Å². The largest absolute Gasteiger partial charge is 0.490 e. The minimum Gasteiger partial charge on any atom is -0.490 e. The summed E-state index contributed by atoms with van der Waals surface area (Å²) in [6.07, 6.45) is 4.39. The van der Waals surface area contributed by atoms with Gasteiger partial charge in [0.05, 0.1) is 0 Å². The summed E-state index contributed by atoms with van der Waals surface area (Å²) in [5.41, 5.74) is 1.10. The quantitative estimate of drug-likeness (QED) is 0.863. The zero-order valence-electron chi connectivity index (χ0n) is 13.1. The standard InChI is InChI=1S/C17H20N2O3S/c1-14-5-2-3-7-17(14)22-15-8-11-19(12-9-15)23(20,21)16-6-4-10-18-13-16/h2-7,10,13,15H,8-9,11-12H2,1H3. The molecular formula is C17H20N2O3S. The van der Waals surface area contributed by atoms with Gasteiger partial charge in [-0.15, -0.1) is 0 Å². The molecule has 2 aromatic rings. The molecule has 0 unspecified atom stereocenters. The van der Waals surface area contributed by atoms with E-state index in [0.717, 1.165) is 11.3 Å². The minimum atomic E-state index is -3.45. The van der Waals surface area contributed by atoms with Gasteiger partial charge in [-0.3, -0.25) is 4.98 Å². The highest BCUT2D eigenvalue weighted by Gasteiger charge is 2.30. The third-order valence-electron chi connectivity index (χ3n) is 4.06. The van der Waals surface area contributed by atoms with E-state index in [1.807, 2.05) is 31.2 Å². The van der Waals surface area contributed by atoms with Crippen molar-refractivity contribution in [1.29, 1.82) is 0 Å². The van der Waals surface area contributed by atoms with E-state index in [9.17, 15) is 8.42 Å². The van der Waals surface area contributed by atoms with Crippen LogP contribution in [-0.4, -0.2) is 36.9 Å². The normalized spacial score (nSPS) is 17.1. The number of piperidine rings is 1. The molecule has 6 heteroatoms. The van der Waals surface area contributed by atoms with Crippen LogP contribution in [0.15, 0.2) is 53.7 Å². The summed E-state index contributed by atoms with van der Waals surface area (Å²) in [6, 6.07) is 11.1. The molecule has 1 aromatic carbocycles. The number of sulfonamides is 1. The maximum Gasteiger partial charge on any atom is 0.244 e. The Labute approximate surface area is 137 Å². The lowest BCUT2D eigenvalue weighted by atomic mass is 10.1. The molecule has 0 bridgehead atoms. The Balaban J connectivity index is 1.64. The molecule has 0 aliphatic carbocycles. The van der Waals surface area contributed by atoms with Crippen LogP contribution in [0.25, 0.3) is 0 Å². The maximum absolute atomic E-state index is 12.6. The lowest BCUT2D eigenvalue weighted by molar-refractivity contribution is 0.134. The summed E-state index contributed by atoms with van der Waals surface area (Å²) in [4.78, 5) is 4.14. The van der Waals surface area contributed by atoms with Gasteiger partial charge in [0.2, 0.25) is 10.0 Å². The van der Waals surface area contributed by atoms with Crippen LogP contribution in [0.4, 0.5) is 0 Å². The highest BCUT2D eigenvalue weighted by Crippen LogP contribution is 2.25. The smallest absolute Gasteiger partial charge is 0.244 e. The molecule has 1 saturated heterocycles. The molecule has 0 spiro atoms. The van der Waals surface area contributed by atoms with Crippen LogP contribution < -0.4 is 4.74 Å².